The first-order chi connectivity index (χ1) is 11.1. The average molecular weight is 330 g/mol. The molecule has 1 aliphatic rings. The van der Waals surface area contributed by atoms with Crippen LogP contribution in [0.3, 0.4) is 0 Å². The predicted octanol–water partition coefficient (Wildman–Crippen LogP) is 3.55. The summed E-state index contributed by atoms with van der Waals surface area (Å²) in [5.74, 6) is 0.0756. The molecule has 5 heteroatoms. The summed E-state index contributed by atoms with van der Waals surface area (Å²) in [6, 6.07) is 10.1. The van der Waals surface area contributed by atoms with E-state index in [2.05, 4.69) is 17.1 Å². The lowest BCUT2D eigenvalue weighted by Gasteiger charge is -2.31. The molecule has 2 aromatic rings. The molecule has 122 valence electrons. The van der Waals surface area contributed by atoms with E-state index in [0.717, 1.165) is 29.0 Å². The molecular formula is C18H22N2O2S. The third-order valence-electron chi connectivity index (χ3n) is 4.35. The van der Waals surface area contributed by atoms with Gasteiger partial charge in [0, 0.05) is 18.0 Å². The number of amides is 1. The third kappa shape index (κ3) is 3.62. The predicted molar refractivity (Wildman–Crippen MR) is 91.1 cm³/mol. The van der Waals surface area contributed by atoms with Crippen molar-refractivity contribution in [2.45, 2.75) is 45.4 Å². The first kappa shape index (κ1) is 16.1. The van der Waals surface area contributed by atoms with Gasteiger partial charge in [0.1, 0.15) is 5.60 Å². The molecule has 0 saturated carbocycles. The molecule has 1 aromatic heterocycles. The fourth-order valence-corrected chi connectivity index (χ4v) is 3.73. The number of aromatic nitrogens is 1. The van der Waals surface area contributed by atoms with E-state index in [1.807, 2.05) is 42.5 Å². The van der Waals surface area contributed by atoms with E-state index in [9.17, 15) is 4.79 Å². The van der Waals surface area contributed by atoms with Gasteiger partial charge in [-0.25, -0.2) is 4.98 Å². The van der Waals surface area contributed by atoms with Crippen molar-refractivity contribution in [1.82, 2.24) is 9.88 Å². The number of ether oxygens (including phenoxy) is 1. The van der Waals surface area contributed by atoms with Crippen LogP contribution in [0.1, 0.15) is 35.9 Å². The number of benzene rings is 1. The van der Waals surface area contributed by atoms with Gasteiger partial charge in [0.25, 0.3) is 5.91 Å². The fourth-order valence-electron chi connectivity index (χ4n) is 2.94. The molecule has 2 heterocycles. The minimum absolute atomic E-state index is 0.0756. The second-order valence-electron chi connectivity index (χ2n) is 6.19. The number of thiazole rings is 1. The van der Waals surface area contributed by atoms with Gasteiger partial charge in [-0.1, -0.05) is 30.3 Å². The Morgan fingerprint density at radius 1 is 1.35 bits per heavy atom. The Balaban J connectivity index is 1.83. The summed E-state index contributed by atoms with van der Waals surface area (Å²) >= 11 is 1.60. The molecule has 4 nitrogen and oxygen atoms in total. The highest BCUT2D eigenvalue weighted by Gasteiger charge is 2.40. The Bertz CT molecular complexity index is 663. The Kier molecular flexibility index (Phi) is 4.78. The number of hydrogen-bond acceptors (Lipinski definition) is 4. The Hall–Kier alpha value is -1.72. The van der Waals surface area contributed by atoms with Crippen LogP contribution in [0.4, 0.5) is 0 Å². The van der Waals surface area contributed by atoms with Crippen LogP contribution in [0.5, 0.6) is 0 Å². The number of carbonyl (C=O) groups is 1. The number of carbonyl (C=O) groups excluding carboxylic acids is 1. The van der Waals surface area contributed by atoms with Crippen LogP contribution in [0, 0.1) is 6.92 Å². The maximum atomic E-state index is 13.1. The summed E-state index contributed by atoms with van der Waals surface area (Å²) in [5.41, 5.74) is 3.28. The summed E-state index contributed by atoms with van der Waals surface area (Å²) in [4.78, 5) is 20.4. The van der Waals surface area contributed by atoms with Crippen LogP contribution in [0.15, 0.2) is 35.8 Å². The standard InChI is InChI=1S/C18H22N2O2S/c1-14-16(23-13-19-14)12-20(11-15-7-4-3-5-8-15)17(21)18(2)9-6-10-22-18/h3-5,7-8,13H,6,9-12H2,1-2H3. The van der Waals surface area contributed by atoms with Gasteiger partial charge in [-0.3, -0.25) is 4.79 Å². The summed E-state index contributed by atoms with van der Waals surface area (Å²) in [6.45, 7) is 5.75. The number of hydrogen-bond donors (Lipinski definition) is 0. The maximum absolute atomic E-state index is 13.1. The second kappa shape index (κ2) is 6.81. The van der Waals surface area contributed by atoms with E-state index < -0.39 is 5.60 Å². The van der Waals surface area contributed by atoms with E-state index >= 15 is 0 Å². The highest BCUT2D eigenvalue weighted by Crippen LogP contribution is 2.29. The molecule has 0 aliphatic carbocycles. The summed E-state index contributed by atoms with van der Waals surface area (Å²) in [6.07, 6.45) is 1.74. The van der Waals surface area contributed by atoms with Crippen LogP contribution < -0.4 is 0 Å². The van der Waals surface area contributed by atoms with Crippen molar-refractivity contribution in [2.24, 2.45) is 0 Å². The van der Waals surface area contributed by atoms with Crippen molar-refractivity contribution in [3.05, 3.63) is 52.0 Å². The van der Waals surface area contributed by atoms with E-state index in [4.69, 9.17) is 4.74 Å². The summed E-state index contributed by atoms with van der Waals surface area (Å²) in [5, 5.41) is 0. The maximum Gasteiger partial charge on any atom is 0.255 e. The summed E-state index contributed by atoms with van der Waals surface area (Å²) < 4.78 is 5.77. The Morgan fingerprint density at radius 3 is 2.74 bits per heavy atom. The van der Waals surface area contributed by atoms with Gasteiger partial charge in [-0.15, -0.1) is 11.3 Å². The molecule has 1 fully saturated rings. The number of nitrogens with zero attached hydrogens (tertiary/aromatic N) is 2. The summed E-state index contributed by atoms with van der Waals surface area (Å²) in [7, 11) is 0. The molecule has 0 spiro atoms. The lowest BCUT2D eigenvalue weighted by atomic mass is 10.0. The van der Waals surface area contributed by atoms with Gasteiger partial charge in [0.05, 0.1) is 17.7 Å². The first-order valence-corrected chi connectivity index (χ1v) is 8.83. The highest BCUT2D eigenvalue weighted by molar-refractivity contribution is 7.09. The van der Waals surface area contributed by atoms with Gasteiger partial charge >= 0.3 is 0 Å². The topological polar surface area (TPSA) is 42.4 Å². The molecule has 0 radical (unpaired) electrons. The van der Waals surface area contributed by atoms with Crippen molar-refractivity contribution in [2.75, 3.05) is 6.61 Å². The minimum atomic E-state index is -0.687. The van der Waals surface area contributed by atoms with Crippen molar-refractivity contribution in [1.29, 1.82) is 0 Å². The SMILES string of the molecule is Cc1ncsc1CN(Cc1ccccc1)C(=O)C1(C)CCCO1. The van der Waals surface area contributed by atoms with Gasteiger partial charge in [0.15, 0.2) is 0 Å². The molecular weight excluding hydrogens is 308 g/mol. The lowest BCUT2D eigenvalue weighted by Crippen LogP contribution is -2.46. The largest absolute Gasteiger partial charge is 0.365 e. The van der Waals surface area contributed by atoms with Crippen molar-refractivity contribution in [3.8, 4) is 0 Å². The van der Waals surface area contributed by atoms with Gasteiger partial charge in [0.2, 0.25) is 0 Å². The smallest absolute Gasteiger partial charge is 0.255 e. The van der Waals surface area contributed by atoms with Gasteiger partial charge in [-0.05, 0) is 32.3 Å². The Morgan fingerprint density at radius 2 is 2.13 bits per heavy atom. The van der Waals surface area contributed by atoms with Gasteiger partial charge < -0.3 is 9.64 Å². The van der Waals surface area contributed by atoms with Crippen molar-refractivity contribution < 1.29 is 9.53 Å². The van der Waals surface area contributed by atoms with Gasteiger partial charge in [-0.2, -0.15) is 0 Å². The van der Waals surface area contributed by atoms with E-state index in [-0.39, 0.29) is 5.91 Å². The Labute approximate surface area is 141 Å². The number of rotatable bonds is 5. The molecule has 0 N–H and O–H groups in total. The van der Waals surface area contributed by atoms with E-state index in [0.29, 0.717) is 19.7 Å². The van der Waals surface area contributed by atoms with Crippen LogP contribution >= 0.6 is 11.3 Å². The van der Waals surface area contributed by atoms with Crippen LogP contribution in [0.25, 0.3) is 0 Å². The molecule has 1 aliphatic heterocycles. The molecule has 1 unspecified atom stereocenters. The van der Waals surface area contributed by atoms with Crippen molar-refractivity contribution in [3.63, 3.8) is 0 Å². The van der Waals surface area contributed by atoms with Crippen LogP contribution in [-0.2, 0) is 22.6 Å². The normalized spacial score (nSPS) is 20.6. The molecule has 3 rings (SSSR count). The third-order valence-corrected chi connectivity index (χ3v) is 5.27. The molecule has 0 bridgehead atoms. The molecule has 1 amide bonds. The van der Waals surface area contributed by atoms with E-state index in [1.54, 1.807) is 11.3 Å². The zero-order valence-electron chi connectivity index (χ0n) is 13.6. The monoisotopic (exact) mass is 330 g/mol. The highest BCUT2D eigenvalue weighted by atomic mass is 32.1. The lowest BCUT2D eigenvalue weighted by molar-refractivity contribution is -0.152. The van der Waals surface area contributed by atoms with Crippen LogP contribution in [0.2, 0.25) is 0 Å². The second-order valence-corrected chi connectivity index (χ2v) is 7.13. The van der Waals surface area contributed by atoms with Crippen LogP contribution in [-0.4, -0.2) is 28.0 Å². The molecule has 23 heavy (non-hydrogen) atoms. The fraction of sp³-hybridized carbons (Fsp3) is 0.444. The average Bonchev–Trinajstić information content (AvgIpc) is 3.17. The first-order valence-electron chi connectivity index (χ1n) is 7.95. The van der Waals surface area contributed by atoms with Crippen molar-refractivity contribution >= 4 is 17.2 Å². The van der Waals surface area contributed by atoms with E-state index in [1.165, 1.54) is 0 Å². The molecule has 1 saturated heterocycles. The molecule has 1 atom stereocenters. The zero-order valence-corrected chi connectivity index (χ0v) is 14.4. The minimum Gasteiger partial charge on any atom is -0.365 e. The quantitative estimate of drug-likeness (QED) is 0.842. The number of aryl methyl sites for hydroxylation is 1. The molecule has 1 aromatic carbocycles. The zero-order chi connectivity index (χ0) is 16.3.